The molecule has 2 rings (SSSR count). The number of ether oxygens (including phenoxy) is 1. The molecule has 6 heteroatoms. The van der Waals surface area contributed by atoms with Gasteiger partial charge in [-0.05, 0) is 48.9 Å². The van der Waals surface area contributed by atoms with E-state index >= 15 is 0 Å². The molecule has 112 valence electrons. The van der Waals surface area contributed by atoms with Crippen molar-refractivity contribution in [3.8, 4) is 11.8 Å². The fourth-order valence-electron chi connectivity index (χ4n) is 1.71. The first kappa shape index (κ1) is 15.3. The minimum atomic E-state index is -0.478. The summed E-state index contributed by atoms with van der Waals surface area (Å²) in [6.07, 6.45) is 0. The Morgan fingerprint density at radius 2 is 1.82 bits per heavy atom. The fraction of sp³-hybridized carbons (Fsp3) is 0.125. The van der Waals surface area contributed by atoms with Gasteiger partial charge in [-0.25, -0.2) is 9.18 Å². The molecule has 0 spiro atoms. The van der Waals surface area contributed by atoms with Gasteiger partial charge in [-0.1, -0.05) is 6.07 Å². The zero-order chi connectivity index (χ0) is 15.9. The summed E-state index contributed by atoms with van der Waals surface area (Å²) in [6.45, 7) is 1.61. The smallest absolute Gasteiger partial charge is 0.323 e. The van der Waals surface area contributed by atoms with Crippen molar-refractivity contribution in [3.63, 3.8) is 0 Å². The Morgan fingerprint density at radius 3 is 2.45 bits per heavy atom. The third-order valence-corrected chi connectivity index (χ3v) is 2.85. The number of halogens is 1. The van der Waals surface area contributed by atoms with Crippen LogP contribution < -0.4 is 15.4 Å². The summed E-state index contributed by atoms with van der Waals surface area (Å²) < 4.78 is 18.5. The molecule has 0 bridgehead atoms. The Hall–Kier alpha value is -3.07. The summed E-state index contributed by atoms with van der Waals surface area (Å²) in [4.78, 5) is 11.8. The van der Waals surface area contributed by atoms with Crippen molar-refractivity contribution in [2.45, 2.75) is 6.92 Å². The maximum Gasteiger partial charge on any atom is 0.323 e. The van der Waals surface area contributed by atoms with Crippen LogP contribution in [0.25, 0.3) is 0 Å². The molecule has 0 fully saturated rings. The van der Waals surface area contributed by atoms with Crippen LogP contribution in [0.1, 0.15) is 5.56 Å². The van der Waals surface area contributed by atoms with Gasteiger partial charge in [0.1, 0.15) is 17.6 Å². The van der Waals surface area contributed by atoms with E-state index < -0.39 is 6.03 Å². The second-order valence-corrected chi connectivity index (χ2v) is 4.51. The highest BCUT2D eigenvalue weighted by Crippen LogP contribution is 2.17. The minimum Gasteiger partial charge on any atom is -0.479 e. The lowest BCUT2D eigenvalue weighted by atomic mass is 10.2. The summed E-state index contributed by atoms with van der Waals surface area (Å²) in [6, 6.07) is 12.4. The number of anilines is 2. The molecular formula is C16H14FN3O2. The third-order valence-electron chi connectivity index (χ3n) is 2.85. The first-order valence-corrected chi connectivity index (χ1v) is 6.52. The molecule has 22 heavy (non-hydrogen) atoms. The SMILES string of the molecule is Cc1ccc(NC(=O)Nc2ccc(OCC#N)cc2)cc1F. The van der Waals surface area contributed by atoms with Crippen LogP contribution in [0.3, 0.4) is 0 Å². The number of nitrogens with zero attached hydrogens (tertiary/aromatic N) is 1. The Morgan fingerprint density at radius 1 is 1.18 bits per heavy atom. The first-order valence-electron chi connectivity index (χ1n) is 6.52. The van der Waals surface area contributed by atoms with Crippen molar-refractivity contribution in [1.82, 2.24) is 0 Å². The summed E-state index contributed by atoms with van der Waals surface area (Å²) in [7, 11) is 0. The lowest BCUT2D eigenvalue weighted by molar-refractivity contribution is 0.262. The van der Waals surface area contributed by atoms with Crippen LogP contribution in [-0.4, -0.2) is 12.6 Å². The largest absolute Gasteiger partial charge is 0.479 e. The van der Waals surface area contributed by atoms with Gasteiger partial charge >= 0.3 is 6.03 Å². The monoisotopic (exact) mass is 299 g/mol. The van der Waals surface area contributed by atoms with Crippen molar-refractivity contribution in [2.75, 3.05) is 17.2 Å². The maximum absolute atomic E-state index is 13.4. The number of aryl methyl sites for hydroxylation is 1. The average molecular weight is 299 g/mol. The van der Waals surface area contributed by atoms with E-state index in [-0.39, 0.29) is 12.4 Å². The number of benzene rings is 2. The highest BCUT2D eigenvalue weighted by atomic mass is 19.1. The molecule has 5 nitrogen and oxygen atoms in total. The number of hydrogen-bond donors (Lipinski definition) is 2. The molecule has 2 aromatic rings. The number of nitriles is 1. The molecule has 0 atom stereocenters. The molecule has 0 aliphatic carbocycles. The molecule has 0 saturated carbocycles. The summed E-state index contributed by atoms with van der Waals surface area (Å²) in [5, 5.41) is 13.6. The third kappa shape index (κ3) is 4.21. The van der Waals surface area contributed by atoms with Crippen molar-refractivity contribution in [2.24, 2.45) is 0 Å². The maximum atomic E-state index is 13.4. The van der Waals surface area contributed by atoms with Gasteiger partial charge in [-0.15, -0.1) is 0 Å². The van der Waals surface area contributed by atoms with Gasteiger partial charge in [-0.3, -0.25) is 0 Å². The standard InChI is InChI=1S/C16H14FN3O2/c1-11-2-3-13(10-15(11)17)20-16(21)19-12-4-6-14(7-5-12)22-9-8-18/h2-7,10H,9H2,1H3,(H2,19,20,21). The number of carbonyl (C=O) groups excluding carboxylic acids is 1. The zero-order valence-corrected chi connectivity index (χ0v) is 11.9. The molecule has 0 aliphatic rings. The number of nitrogens with one attached hydrogen (secondary N) is 2. The van der Waals surface area contributed by atoms with E-state index in [1.165, 1.54) is 6.07 Å². The molecule has 2 N–H and O–H groups in total. The zero-order valence-electron chi connectivity index (χ0n) is 11.9. The van der Waals surface area contributed by atoms with E-state index in [1.807, 2.05) is 6.07 Å². The van der Waals surface area contributed by atoms with Crippen LogP contribution in [-0.2, 0) is 0 Å². The molecule has 0 unspecified atom stereocenters. The van der Waals surface area contributed by atoms with Crippen LogP contribution >= 0.6 is 0 Å². The van der Waals surface area contributed by atoms with E-state index in [1.54, 1.807) is 43.3 Å². The summed E-state index contributed by atoms with van der Waals surface area (Å²) in [5.41, 5.74) is 1.43. The van der Waals surface area contributed by atoms with E-state index in [4.69, 9.17) is 10.00 Å². The fourth-order valence-corrected chi connectivity index (χ4v) is 1.71. The molecular weight excluding hydrogens is 285 g/mol. The van der Waals surface area contributed by atoms with Crippen LogP contribution in [0.4, 0.5) is 20.6 Å². The van der Waals surface area contributed by atoms with Gasteiger partial charge in [0.05, 0.1) is 0 Å². The Kier molecular flexibility index (Phi) is 4.94. The number of rotatable bonds is 4. The van der Waals surface area contributed by atoms with Gasteiger partial charge in [0, 0.05) is 11.4 Å². The summed E-state index contributed by atoms with van der Waals surface area (Å²) in [5.74, 6) is 0.157. The van der Waals surface area contributed by atoms with Crippen LogP contribution in [0.2, 0.25) is 0 Å². The van der Waals surface area contributed by atoms with Crippen LogP contribution in [0, 0.1) is 24.1 Å². The van der Waals surface area contributed by atoms with Gasteiger partial charge in [0.2, 0.25) is 0 Å². The summed E-state index contributed by atoms with van der Waals surface area (Å²) >= 11 is 0. The molecule has 0 saturated heterocycles. The van der Waals surface area contributed by atoms with Gasteiger partial charge in [-0.2, -0.15) is 5.26 Å². The lowest BCUT2D eigenvalue weighted by Crippen LogP contribution is -2.19. The predicted molar refractivity (Wildman–Crippen MR) is 81.3 cm³/mol. The van der Waals surface area contributed by atoms with Crippen molar-refractivity contribution in [3.05, 3.63) is 53.8 Å². The number of amides is 2. The molecule has 0 radical (unpaired) electrons. The highest BCUT2D eigenvalue weighted by Gasteiger charge is 2.05. The van der Waals surface area contributed by atoms with E-state index in [0.717, 1.165) is 0 Å². The number of urea groups is 1. The quantitative estimate of drug-likeness (QED) is 0.904. The molecule has 0 aromatic heterocycles. The van der Waals surface area contributed by atoms with Crippen LogP contribution in [0.5, 0.6) is 5.75 Å². The highest BCUT2D eigenvalue weighted by molar-refractivity contribution is 5.99. The molecule has 2 amide bonds. The molecule has 2 aromatic carbocycles. The normalized spacial score (nSPS) is 9.68. The lowest BCUT2D eigenvalue weighted by Gasteiger charge is -2.09. The van der Waals surface area contributed by atoms with Crippen LogP contribution in [0.15, 0.2) is 42.5 Å². The van der Waals surface area contributed by atoms with Crippen molar-refractivity contribution in [1.29, 1.82) is 5.26 Å². The Bertz CT molecular complexity index is 708. The van der Waals surface area contributed by atoms with Gasteiger partial charge in [0.25, 0.3) is 0 Å². The molecule has 0 heterocycles. The number of carbonyl (C=O) groups is 1. The van der Waals surface area contributed by atoms with Gasteiger partial charge in [0.15, 0.2) is 6.61 Å². The second-order valence-electron chi connectivity index (χ2n) is 4.51. The first-order chi connectivity index (χ1) is 10.6. The van der Waals surface area contributed by atoms with Gasteiger partial charge < -0.3 is 15.4 Å². The number of hydrogen-bond acceptors (Lipinski definition) is 3. The molecule has 0 aliphatic heterocycles. The van der Waals surface area contributed by atoms with E-state index in [0.29, 0.717) is 22.7 Å². The van der Waals surface area contributed by atoms with E-state index in [9.17, 15) is 9.18 Å². The second kappa shape index (κ2) is 7.09. The van der Waals surface area contributed by atoms with Crippen molar-refractivity contribution >= 4 is 17.4 Å². The topological polar surface area (TPSA) is 74.2 Å². The van der Waals surface area contributed by atoms with E-state index in [2.05, 4.69) is 10.6 Å². The predicted octanol–water partition coefficient (Wildman–Crippen LogP) is 3.68. The Balaban J connectivity index is 1.94. The minimum absolute atomic E-state index is 0.0355. The van der Waals surface area contributed by atoms with Crippen molar-refractivity contribution < 1.29 is 13.9 Å². The average Bonchev–Trinajstić information content (AvgIpc) is 2.50. The Labute approximate surface area is 127 Å².